The fraction of sp³-hybridized carbons (Fsp3) is 0.344. The molecule has 0 amide bonds. The van der Waals surface area contributed by atoms with Crippen LogP contribution in [-0.4, -0.2) is 43.6 Å². The van der Waals surface area contributed by atoms with E-state index in [0.717, 1.165) is 9.13 Å². The molecule has 226 valence electrons. The van der Waals surface area contributed by atoms with Crippen molar-refractivity contribution >= 4 is 46.0 Å². The van der Waals surface area contributed by atoms with E-state index in [2.05, 4.69) is 33.5 Å². The molecule has 1 atom stereocenters. The normalized spacial score (nSPS) is 14.6. The second kappa shape index (κ2) is 14.1. The van der Waals surface area contributed by atoms with Crippen molar-refractivity contribution in [1.82, 2.24) is 4.57 Å². The number of hydrogen-bond acceptors (Lipinski definition) is 9. The molecule has 2 aromatic carbocycles. The monoisotopic (exact) mass is 716 g/mol. The minimum Gasteiger partial charge on any atom is -0.493 e. The van der Waals surface area contributed by atoms with Crippen molar-refractivity contribution in [3.63, 3.8) is 0 Å². The summed E-state index contributed by atoms with van der Waals surface area (Å²) in [6.45, 7) is 9.91. The molecular weight excluding hydrogens is 683 g/mol. The van der Waals surface area contributed by atoms with Crippen LogP contribution in [0.15, 0.2) is 51.4 Å². The van der Waals surface area contributed by atoms with Crippen molar-refractivity contribution in [1.29, 1.82) is 0 Å². The van der Waals surface area contributed by atoms with E-state index in [1.807, 2.05) is 32.9 Å². The van der Waals surface area contributed by atoms with Crippen molar-refractivity contribution in [2.75, 3.05) is 26.9 Å². The molecule has 0 fully saturated rings. The van der Waals surface area contributed by atoms with Crippen LogP contribution in [0.4, 0.5) is 0 Å². The van der Waals surface area contributed by atoms with Gasteiger partial charge >= 0.3 is 5.97 Å². The first-order chi connectivity index (χ1) is 20.6. The van der Waals surface area contributed by atoms with Gasteiger partial charge in [-0.05, 0) is 98.7 Å². The Labute approximate surface area is 267 Å². The second-order valence-electron chi connectivity index (χ2n) is 9.63. The van der Waals surface area contributed by atoms with Crippen LogP contribution in [0.1, 0.15) is 51.8 Å². The highest BCUT2D eigenvalue weighted by Crippen LogP contribution is 2.37. The third-order valence-corrected chi connectivity index (χ3v) is 8.10. The van der Waals surface area contributed by atoms with Gasteiger partial charge in [0, 0.05) is 0 Å². The van der Waals surface area contributed by atoms with E-state index in [0.29, 0.717) is 50.2 Å². The zero-order chi connectivity index (χ0) is 31.3. The fourth-order valence-corrected chi connectivity index (χ4v) is 6.48. The van der Waals surface area contributed by atoms with Gasteiger partial charge in [-0.2, -0.15) is 0 Å². The summed E-state index contributed by atoms with van der Waals surface area (Å²) in [5.74, 6) is 4.04. The number of nitrogens with zero attached hydrogens (tertiary/aromatic N) is 2. The lowest BCUT2D eigenvalue weighted by atomic mass is 9.95. The number of hydrogen-bond donors (Lipinski definition) is 0. The number of terminal acetylenes is 1. The van der Waals surface area contributed by atoms with Crippen LogP contribution in [0.5, 0.6) is 23.0 Å². The lowest BCUT2D eigenvalue weighted by Crippen LogP contribution is -2.40. The topological polar surface area (TPSA) is 97.6 Å². The lowest BCUT2D eigenvalue weighted by Gasteiger charge is -2.25. The van der Waals surface area contributed by atoms with Crippen LogP contribution >= 0.6 is 33.9 Å². The van der Waals surface area contributed by atoms with Crippen molar-refractivity contribution in [2.45, 2.75) is 46.8 Å². The highest BCUT2D eigenvalue weighted by Gasteiger charge is 2.34. The number of aromatic nitrogens is 1. The summed E-state index contributed by atoms with van der Waals surface area (Å²) in [5.41, 5.74) is 1.84. The second-order valence-corrected chi connectivity index (χ2v) is 11.8. The predicted molar refractivity (Wildman–Crippen MR) is 174 cm³/mol. The number of carbonyl (C=O) groups excluding carboxylic acids is 1. The van der Waals surface area contributed by atoms with Crippen LogP contribution < -0.4 is 33.8 Å². The summed E-state index contributed by atoms with van der Waals surface area (Å²) < 4.78 is 31.2. The molecule has 1 aliphatic heterocycles. The minimum absolute atomic E-state index is 0.0704. The molecule has 3 aromatic rings. The number of ether oxygens (including phenoxy) is 5. The Bertz CT molecular complexity index is 1780. The number of fused-ring (bicyclic) bond motifs is 1. The van der Waals surface area contributed by atoms with Gasteiger partial charge < -0.3 is 23.7 Å². The van der Waals surface area contributed by atoms with E-state index in [1.54, 1.807) is 45.2 Å². The third kappa shape index (κ3) is 6.91. The molecule has 0 unspecified atom stereocenters. The van der Waals surface area contributed by atoms with Gasteiger partial charge in [0.25, 0.3) is 5.56 Å². The van der Waals surface area contributed by atoms with Crippen molar-refractivity contribution in [3.05, 3.63) is 76.0 Å². The van der Waals surface area contributed by atoms with Gasteiger partial charge in [-0.1, -0.05) is 23.3 Å². The average molecular weight is 717 g/mol. The molecular formula is C32H33IN2O7S. The Morgan fingerprint density at radius 2 is 1.93 bits per heavy atom. The molecule has 4 rings (SSSR count). The number of carbonyl (C=O) groups is 1. The number of esters is 1. The van der Waals surface area contributed by atoms with Gasteiger partial charge in [0.05, 0.1) is 51.8 Å². The van der Waals surface area contributed by atoms with Crippen LogP contribution in [0.3, 0.4) is 0 Å². The molecule has 0 bridgehead atoms. The van der Waals surface area contributed by atoms with Crippen molar-refractivity contribution in [2.24, 2.45) is 4.99 Å². The predicted octanol–water partition coefficient (Wildman–Crippen LogP) is 4.61. The molecule has 11 heteroatoms. The van der Waals surface area contributed by atoms with Crippen LogP contribution in [-0.2, 0) is 9.53 Å². The van der Waals surface area contributed by atoms with Gasteiger partial charge in [-0.3, -0.25) is 9.36 Å². The lowest BCUT2D eigenvalue weighted by molar-refractivity contribution is -0.139. The summed E-state index contributed by atoms with van der Waals surface area (Å²) in [5, 5.41) is 0. The number of rotatable bonds is 11. The maximum Gasteiger partial charge on any atom is 0.338 e. The van der Waals surface area contributed by atoms with Crippen LogP contribution in [0, 0.1) is 15.9 Å². The largest absolute Gasteiger partial charge is 0.493 e. The number of thiazole rings is 1. The Hall–Kier alpha value is -3.76. The molecule has 2 heterocycles. The van der Waals surface area contributed by atoms with E-state index >= 15 is 0 Å². The van der Waals surface area contributed by atoms with Gasteiger partial charge in [0.1, 0.15) is 6.61 Å². The zero-order valence-electron chi connectivity index (χ0n) is 24.9. The van der Waals surface area contributed by atoms with Gasteiger partial charge in [-0.15, -0.1) is 6.42 Å². The summed E-state index contributed by atoms with van der Waals surface area (Å²) in [6, 6.07) is 8.29. The molecule has 1 aromatic heterocycles. The van der Waals surface area contributed by atoms with E-state index in [9.17, 15) is 9.59 Å². The minimum atomic E-state index is -0.793. The number of benzene rings is 2. The summed E-state index contributed by atoms with van der Waals surface area (Å²) >= 11 is 3.39. The van der Waals surface area contributed by atoms with E-state index in [-0.39, 0.29) is 30.5 Å². The summed E-state index contributed by atoms with van der Waals surface area (Å²) in [6.07, 6.45) is 7.09. The molecule has 0 saturated carbocycles. The van der Waals surface area contributed by atoms with Crippen molar-refractivity contribution < 1.29 is 28.5 Å². The van der Waals surface area contributed by atoms with E-state index < -0.39 is 12.0 Å². The maximum atomic E-state index is 14.1. The first-order valence-electron chi connectivity index (χ1n) is 13.7. The van der Waals surface area contributed by atoms with Crippen LogP contribution in [0.2, 0.25) is 0 Å². The van der Waals surface area contributed by atoms with E-state index in [1.165, 1.54) is 15.9 Å². The first kappa shape index (κ1) is 32.2. The maximum absolute atomic E-state index is 14.1. The Morgan fingerprint density at radius 1 is 1.16 bits per heavy atom. The Morgan fingerprint density at radius 3 is 2.58 bits per heavy atom. The van der Waals surface area contributed by atoms with Gasteiger partial charge in [0.15, 0.2) is 27.8 Å². The molecule has 0 saturated heterocycles. The summed E-state index contributed by atoms with van der Waals surface area (Å²) in [4.78, 5) is 32.5. The third-order valence-electron chi connectivity index (χ3n) is 6.31. The first-order valence-corrected chi connectivity index (χ1v) is 15.6. The van der Waals surface area contributed by atoms with Gasteiger partial charge in [0.2, 0.25) is 0 Å². The van der Waals surface area contributed by atoms with Gasteiger partial charge in [-0.25, -0.2) is 9.79 Å². The molecule has 9 nitrogen and oxygen atoms in total. The van der Waals surface area contributed by atoms with E-state index in [4.69, 9.17) is 30.1 Å². The van der Waals surface area contributed by atoms with Crippen molar-refractivity contribution in [3.8, 4) is 35.3 Å². The Balaban J connectivity index is 1.92. The molecule has 43 heavy (non-hydrogen) atoms. The number of allylic oxidation sites excluding steroid dienone is 1. The molecule has 1 aliphatic rings. The number of halogens is 1. The average Bonchev–Trinajstić information content (AvgIpc) is 3.26. The quantitative estimate of drug-likeness (QED) is 0.163. The number of methoxy groups -OCH3 is 1. The Kier molecular flexibility index (Phi) is 10.6. The molecule has 0 spiro atoms. The smallest absolute Gasteiger partial charge is 0.338 e. The summed E-state index contributed by atoms with van der Waals surface area (Å²) in [7, 11) is 1.55. The molecule has 0 radical (unpaired) electrons. The fourth-order valence-electron chi connectivity index (χ4n) is 4.65. The highest BCUT2D eigenvalue weighted by molar-refractivity contribution is 14.1. The standard InChI is InChI=1S/C32H33IN2O7S/c1-8-13-41-29-22(33)14-20(15-25(29)39-9-2)16-26-30(36)35-28(21-11-12-23(42-18(4)5)24(17-21)38-7)27(31(37)40-10-3)19(6)34-32(35)43-26/h1,11-12,14-18,28H,9-10,13H2,2-7H3/b26-16-/t28-/m1/s1. The molecule has 0 N–H and O–H groups in total. The molecule has 0 aliphatic carbocycles. The highest BCUT2D eigenvalue weighted by atomic mass is 127. The zero-order valence-corrected chi connectivity index (χ0v) is 27.8. The van der Waals surface area contributed by atoms with Crippen LogP contribution in [0.25, 0.3) is 6.08 Å². The SMILES string of the molecule is C#CCOc1c(I)cc(/C=c2\sc3n(c2=O)[C@H](c2ccc(OC(C)C)c(OC)c2)C(C(=O)OCC)=C(C)N=3)cc1OCC.